The Kier molecular flexibility index (Phi) is 4.78. The third-order valence-electron chi connectivity index (χ3n) is 1.89. The van der Waals surface area contributed by atoms with Crippen LogP contribution in [0.15, 0.2) is 15.9 Å². The van der Waals surface area contributed by atoms with E-state index in [1.54, 1.807) is 11.3 Å². The SMILES string of the molecule is CCC(=O)CN(C)Cc1cc(Br)cs1. The summed E-state index contributed by atoms with van der Waals surface area (Å²) in [6.07, 6.45) is 0.623. The van der Waals surface area contributed by atoms with Gasteiger partial charge < -0.3 is 0 Å². The molecule has 0 N–H and O–H groups in total. The number of halogens is 1. The Labute approximate surface area is 97.1 Å². The lowest BCUT2D eigenvalue weighted by atomic mass is 10.3. The molecule has 0 aliphatic heterocycles. The second-order valence-corrected chi connectivity index (χ2v) is 5.21. The fourth-order valence-electron chi connectivity index (χ4n) is 1.17. The molecule has 1 heterocycles. The highest BCUT2D eigenvalue weighted by Crippen LogP contribution is 2.20. The van der Waals surface area contributed by atoms with Gasteiger partial charge in [0.25, 0.3) is 0 Å². The van der Waals surface area contributed by atoms with Crippen molar-refractivity contribution in [1.29, 1.82) is 0 Å². The van der Waals surface area contributed by atoms with E-state index in [4.69, 9.17) is 0 Å². The smallest absolute Gasteiger partial charge is 0.146 e. The lowest BCUT2D eigenvalue weighted by molar-refractivity contribution is -0.119. The van der Waals surface area contributed by atoms with E-state index in [2.05, 4.69) is 27.4 Å². The van der Waals surface area contributed by atoms with E-state index in [0.29, 0.717) is 18.7 Å². The largest absolute Gasteiger partial charge is 0.298 e. The highest BCUT2D eigenvalue weighted by atomic mass is 79.9. The number of nitrogens with zero attached hydrogens (tertiary/aromatic N) is 1. The van der Waals surface area contributed by atoms with Crippen LogP contribution in [0, 0.1) is 0 Å². The van der Waals surface area contributed by atoms with Crippen LogP contribution in [0.2, 0.25) is 0 Å². The van der Waals surface area contributed by atoms with Crippen molar-refractivity contribution < 1.29 is 4.79 Å². The molecule has 0 atom stereocenters. The van der Waals surface area contributed by atoms with Crippen LogP contribution in [0.25, 0.3) is 0 Å². The second-order valence-electron chi connectivity index (χ2n) is 3.30. The Balaban J connectivity index is 2.41. The Bertz CT molecular complexity index is 311. The van der Waals surface area contributed by atoms with Gasteiger partial charge in [-0.3, -0.25) is 9.69 Å². The summed E-state index contributed by atoms with van der Waals surface area (Å²) in [5.41, 5.74) is 0. The first-order valence-corrected chi connectivity index (χ1v) is 6.22. The average molecular weight is 276 g/mol. The van der Waals surface area contributed by atoms with Gasteiger partial charge in [0.05, 0.1) is 6.54 Å². The van der Waals surface area contributed by atoms with Crippen molar-refractivity contribution in [1.82, 2.24) is 4.90 Å². The number of hydrogen-bond acceptors (Lipinski definition) is 3. The van der Waals surface area contributed by atoms with Crippen molar-refractivity contribution in [3.63, 3.8) is 0 Å². The molecule has 0 aromatic carbocycles. The zero-order valence-corrected chi connectivity index (χ0v) is 10.8. The molecule has 0 aliphatic rings. The summed E-state index contributed by atoms with van der Waals surface area (Å²) in [4.78, 5) is 14.5. The van der Waals surface area contributed by atoms with E-state index in [9.17, 15) is 4.79 Å². The Morgan fingerprint density at radius 1 is 1.64 bits per heavy atom. The average Bonchev–Trinajstić information content (AvgIpc) is 2.50. The molecule has 0 aliphatic carbocycles. The van der Waals surface area contributed by atoms with Crippen LogP contribution in [0.5, 0.6) is 0 Å². The van der Waals surface area contributed by atoms with Crippen LogP contribution in [0.1, 0.15) is 18.2 Å². The van der Waals surface area contributed by atoms with Crippen LogP contribution < -0.4 is 0 Å². The number of carbonyl (C=O) groups is 1. The van der Waals surface area contributed by atoms with Gasteiger partial charge in [-0.25, -0.2) is 0 Å². The van der Waals surface area contributed by atoms with Gasteiger partial charge in [0.15, 0.2) is 0 Å². The molecule has 1 rings (SSSR count). The third-order valence-corrected chi connectivity index (χ3v) is 3.57. The van der Waals surface area contributed by atoms with Crippen molar-refractivity contribution in [2.24, 2.45) is 0 Å². The Morgan fingerprint density at radius 3 is 2.86 bits per heavy atom. The molecule has 0 spiro atoms. The van der Waals surface area contributed by atoms with E-state index in [0.717, 1.165) is 11.0 Å². The number of ketones is 1. The van der Waals surface area contributed by atoms with Crippen LogP contribution in [0.3, 0.4) is 0 Å². The molecule has 0 unspecified atom stereocenters. The molecule has 0 amide bonds. The van der Waals surface area contributed by atoms with Crippen molar-refractivity contribution in [2.75, 3.05) is 13.6 Å². The highest BCUT2D eigenvalue weighted by molar-refractivity contribution is 9.10. The summed E-state index contributed by atoms with van der Waals surface area (Å²) >= 11 is 5.12. The van der Waals surface area contributed by atoms with E-state index < -0.39 is 0 Å². The molecule has 4 heteroatoms. The minimum absolute atomic E-state index is 0.295. The monoisotopic (exact) mass is 275 g/mol. The highest BCUT2D eigenvalue weighted by Gasteiger charge is 2.06. The second kappa shape index (κ2) is 5.63. The molecule has 1 aromatic heterocycles. The van der Waals surface area contributed by atoms with Crippen molar-refractivity contribution in [3.05, 3.63) is 20.8 Å². The third kappa shape index (κ3) is 3.90. The summed E-state index contributed by atoms with van der Waals surface area (Å²) in [5.74, 6) is 0.295. The molecule has 78 valence electrons. The maximum absolute atomic E-state index is 11.2. The van der Waals surface area contributed by atoms with Gasteiger partial charge in [0.2, 0.25) is 0 Å². The fourth-order valence-corrected chi connectivity index (χ4v) is 2.70. The number of Topliss-reactive ketones (excluding diaryl/α,β-unsaturated/α-hetero) is 1. The van der Waals surface area contributed by atoms with Gasteiger partial charge >= 0.3 is 0 Å². The number of carbonyl (C=O) groups excluding carboxylic acids is 1. The van der Waals surface area contributed by atoms with E-state index in [1.807, 2.05) is 18.9 Å². The zero-order chi connectivity index (χ0) is 10.6. The zero-order valence-electron chi connectivity index (χ0n) is 8.42. The van der Waals surface area contributed by atoms with E-state index in [1.165, 1.54) is 4.88 Å². The summed E-state index contributed by atoms with van der Waals surface area (Å²) in [6.45, 7) is 3.30. The van der Waals surface area contributed by atoms with E-state index >= 15 is 0 Å². The first kappa shape index (κ1) is 11.9. The standard InChI is InChI=1S/C10H14BrNOS/c1-3-9(13)5-12(2)6-10-4-8(11)7-14-10/h4,7H,3,5-6H2,1-2H3. The minimum Gasteiger partial charge on any atom is -0.298 e. The van der Waals surface area contributed by atoms with Crippen LogP contribution in [-0.2, 0) is 11.3 Å². The summed E-state index contributed by atoms with van der Waals surface area (Å²) in [5, 5.41) is 2.06. The maximum Gasteiger partial charge on any atom is 0.146 e. The van der Waals surface area contributed by atoms with Gasteiger partial charge in [-0.2, -0.15) is 0 Å². The number of likely N-dealkylation sites (N-methyl/N-ethyl adjacent to an activating group) is 1. The van der Waals surface area contributed by atoms with Gasteiger partial charge in [-0.05, 0) is 29.0 Å². The normalized spacial score (nSPS) is 10.9. The molecule has 0 saturated carbocycles. The van der Waals surface area contributed by atoms with Crippen molar-refractivity contribution in [2.45, 2.75) is 19.9 Å². The first-order valence-electron chi connectivity index (χ1n) is 4.55. The van der Waals surface area contributed by atoms with Crippen LogP contribution in [-0.4, -0.2) is 24.3 Å². The molecule has 1 aromatic rings. The number of rotatable bonds is 5. The molecule has 14 heavy (non-hydrogen) atoms. The van der Waals surface area contributed by atoms with Crippen molar-refractivity contribution >= 4 is 33.0 Å². The molecular weight excluding hydrogens is 262 g/mol. The van der Waals surface area contributed by atoms with Gasteiger partial charge in [0.1, 0.15) is 5.78 Å². The van der Waals surface area contributed by atoms with Gasteiger partial charge in [-0.15, -0.1) is 11.3 Å². The molecule has 2 nitrogen and oxygen atoms in total. The molecular formula is C10H14BrNOS. The molecule has 0 saturated heterocycles. The predicted molar refractivity (Wildman–Crippen MR) is 63.7 cm³/mol. The molecule has 0 radical (unpaired) electrons. The number of thiophene rings is 1. The Morgan fingerprint density at radius 2 is 2.36 bits per heavy atom. The summed E-state index contributed by atoms with van der Waals surface area (Å²) in [7, 11) is 1.97. The van der Waals surface area contributed by atoms with Crippen LogP contribution in [0.4, 0.5) is 0 Å². The molecule has 0 bridgehead atoms. The first-order chi connectivity index (χ1) is 6.61. The number of hydrogen-bond donors (Lipinski definition) is 0. The quantitative estimate of drug-likeness (QED) is 0.824. The van der Waals surface area contributed by atoms with Gasteiger partial charge in [0, 0.05) is 27.7 Å². The fraction of sp³-hybridized carbons (Fsp3) is 0.500. The van der Waals surface area contributed by atoms with E-state index in [-0.39, 0.29) is 0 Å². The summed E-state index contributed by atoms with van der Waals surface area (Å²) < 4.78 is 1.12. The lowest BCUT2D eigenvalue weighted by Gasteiger charge is -2.13. The summed E-state index contributed by atoms with van der Waals surface area (Å²) in [6, 6.07) is 2.09. The maximum atomic E-state index is 11.2. The Hall–Kier alpha value is -0.190. The minimum atomic E-state index is 0.295. The lowest BCUT2D eigenvalue weighted by Crippen LogP contribution is -2.24. The predicted octanol–water partition coefficient (Wildman–Crippen LogP) is 2.92. The topological polar surface area (TPSA) is 20.3 Å². The van der Waals surface area contributed by atoms with Gasteiger partial charge in [-0.1, -0.05) is 6.92 Å². The molecule has 0 fully saturated rings. The van der Waals surface area contributed by atoms with Crippen molar-refractivity contribution in [3.8, 4) is 0 Å². The van der Waals surface area contributed by atoms with Crippen LogP contribution >= 0.6 is 27.3 Å².